The fourth-order valence-electron chi connectivity index (χ4n) is 2.16. The molecule has 0 aliphatic carbocycles. The summed E-state index contributed by atoms with van der Waals surface area (Å²) < 4.78 is 0. The Labute approximate surface area is 96.2 Å². The molecule has 0 aromatic heterocycles. The monoisotopic (exact) mass is 218 g/mol. The third kappa shape index (κ3) is 2.25. The fourth-order valence-corrected chi connectivity index (χ4v) is 2.16. The smallest absolute Gasteiger partial charge is 0.227 e. The number of rotatable bonds is 4. The van der Waals surface area contributed by atoms with E-state index in [-0.39, 0.29) is 5.91 Å². The first kappa shape index (κ1) is 11.1. The van der Waals surface area contributed by atoms with Crippen LogP contribution < -0.4 is 10.6 Å². The Kier molecular flexibility index (Phi) is 3.57. The number of carbonyl (C=O) groups is 1. The summed E-state index contributed by atoms with van der Waals surface area (Å²) in [5.41, 5.74) is 7.85. The van der Waals surface area contributed by atoms with Crippen LogP contribution in [0, 0.1) is 0 Å². The minimum Gasteiger partial charge on any atom is -0.330 e. The summed E-state index contributed by atoms with van der Waals surface area (Å²) >= 11 is 0. The molecule has 1 aliphatic rings. The number of aryl methyl sites for hydroxylation is 1. The molecular weight excluding hydrogens is 200 g/mol. The van der Waals surface area contributed by atoms with Crippen molar-refractivity contribution in [3.8, 4) is 0 Å². The topological polar surface area (TPSA) is 46.3 Å². The predicted octanol–water partition coefficient (Wildman–Crippen LogP) is 1.70. The van der Waals surface area contributed by atoms with Crippen LogP contribution in [-0.4, -0.2) is 19.0 Å². The Balaban J connectivity index is 2.13. The number of nitrogens with two attached hydrogens (primary N) is 1. The molecule has 2 N–H and O–H groups in total. The number of anilines is 1. The maximum atomic E-state index is 11.8. The molecule has 0 unspecified atom stereocenters. The first-order chi connectivity index (χ1) is 7.83. The van der Waals surface area contributed by atoms with Crippen molar-refractivity contribution in [2.75, 3.05) is 18.0 Å². The van der Waals surface area contributed by atoms with Crippen LogP contribution in [0.1, 0.15) is 24.8 Å². The van der Waals surface area contributed by atoms with E-state index in [4.69, 9.17) is 5.73 Å². The molecule has 0 atom stereocenters. The molecule has 1 aliphatic heterocycles. The van der Waals surface area contributed by atoms with E-state index in [9.17, 15) is 4.79 Å². The standard InChI is InChI=1S/C13H18N2O/c14-9-3-4-10-15-12-6-2-1-5-11(12)7-8-13(15)16/h1-2,5-6H,3-4,7-10,14H2. The molecule has 0 spiro atoms. The molecule has 16 heavy (non-hydrogen) atoms. The SMILES string of the molecule is NCCCCN1C(=O)CCc2ccccc21. The molecule has 0 bridgehead atoms. The molecule has 1 aromatic rings. The molecule has 3 nitrogen and oxygen atoms in total. The van der Waals surface area contributed by atoms with Crippen LogP contribution in [0.5, 0.6) is 0 Å². The van der Waals surface area contributed by atoms with E-state index in [2.05, 4.69) is 6.07 Å². The summed E-state index contributed by atoms with van der Waals surface area (Å²) in [5, 5.41) is 0. The molecule has 86 valence electrons. The molecule has 1 heterocycles. The van der Waals surface area contributed by atoms with Crippen molar-refractivity contribution in [3.63, 3.8) is 0 Å². The highest BCUT2D eigenvalue weighted by Gasteiger charge is 2.22. The van der Waals surface area contributed by atoms with Crippen LogP contribution in [0.25, 0.3) is 0 Å². The lowest BCUT2D eigenvalue weighted by molar-refractivity contribution is -0.118. The van der Waals surface area contributed by atoms with Gasteiger partial charge in [0.1, 0.15) is 0 Å². The third-order valence-electron chi connectivity index (χ3n) is 3.03. The molecule has 1 aromatic carbocycles. The summed E-state index contributed by atoms with van der Waals surface area (Å²) in [7, 11) is 0. The van der Waals surface area contributed by atoms with Crippen LogP contribution in [-0.2, 0) is 11.2 Å². The second-order valence-corrected chi connectivity index (χ2v) is 4.17. The van der Waals surface area contributed by atoms with Crippen LogP contribution in [0.4, 0.5) is 5.69 Å². The lowest BCUT2D eigenvalue weighted by atomic mass is 10.0. The van der Waals surface area contributed by atoms with Crippen molar-refractivity contribution in [1.82, 2.24) is 0 Å². The number of fused-ring (bicyclic) bond motifs is 1. The number of para-hydroxylation sites is 1. The molecule has 0 fully saturated rings. The highest BCUT2D eigenvalue weighted by Crippen LogP contribution is 2.27. The van der Waals surface area contributed by atoms with E-state index in [1.807, 2.05) is 23.1 Å². The number of amides is 1. The van der Waals surface area contributed by atoms with Crippen LogP contribution in [0.15, 0.2) is 24.3 Å². The van der Waals surface area contributed by atoms with Gasteiger partial charge in [0.05, 0.1) is 0 Å². The summed E-state index contributed by atoms with van der Waals surface area (Å²) in [6, 6.07) is 8.17. The molecule has 0 saturated heterocycles. The van der Waals surface area contributed by atoms with E-state index in [0.29, 0.717) is 13.0 Å². The highest BCUT2D eigenvalue weighted by molar-refractivity contribution is 5.96. The van der Waals surface area contributed by atoms with Gasteiger partial charge in [-0.3, -0.25) is 4.79 Å². The Hall–Kier alpha value is -1.35. The van der Waals surface area contributed by atoms with Gasteiger partial charge < -0.3 is 10.6 Å². The van der Waals surface area contributed by atoms with Crippen molar-refractivity contribution in [3.05, 3.63) is 29.8 Å². The molecule has 2 rings (SSSR count). The van der Waals surface area contributed by atoms with Gasteiger partial charge in [-0.25, -0.2) is 0 Å². The first-order valence-electron chi connectivity index (χ1n) is 5.91. The predicted molar refractivity (Wildman–Crippen MR) is 65.4 cm³/mol. The summed E-state index contributed by atoms with van der Waals surface area (Å²) in [5.74, 6) is 0.246. The molecule has 1 amide bonds. The quantitative estimate of drug-likeness (QED) is 0.782. The second-order valence-electron chi connectivity index (χ2n) is 4.17. The zero-order chi connectivity index (χ0) is 11.4. The van der Waals surface area contributed by atoms with Crippen molar-refractivity contribution in [2.45, 2.75) is 25.7 Å². The molecule has 0 saturated carbocycles. The van der Waals surface area contributed by atoms with Gasteiger partial charge >= 0.3 is 0 Å². The summed E-state index contributed by atoms with van der Waals surface area (Å²) in [4.78, 5) is 13.8. The summed E-state index contributed by atoms with van der Waals surface area (Å²) in [6.07, 6.45) is 3.48. The lowest BCUT2D eigenvalue weighted by Gasteiger charge is -2.29. The van der Waals surface area contributed by atoms with E-state index >= 15 is 0 Å². The number of nitrogens with zero attached hydrogens (tertiary/aromatic N) is 1. The molecule has 3 heteroatoms. The van der Waals surface area contributed by atoms with Gasteiger partial charge in [-0.15, -0.1) is 0 Å². The first-order valence-corrected chi connectivity index (χ1v) is 5.91. The van der Waals surface area contributed by atoms with E-state index in [1.165, 1.54) is 5.56 Å². The molecule has 0 radical (unpaired) electrons. The van der Waals surface area contributed by atoms with Crippen molar-refractivity contribution in [1.29, 1.82) is 0 Å². The Morgan fingerprint density at radius 1 is 1.19 bits per heavy atom. The largest absolute Gasteiger partial charge is 0.330 e. The second kappa shape index (κ2) is 5.12. The Morgan fingerprint density at radius 3 is 2.81 bits per heavy atom. The number of hydrogen-bond donors (Lipinski definition) is 1. The van der Waals surface area contributed by atoms with Crippen molar-refractivity contribution in [2.24, 2.45) is 5.73 Å². The van der Waals surface area contributed by atoms with Gasteiger partial charge in [0.15, 0.2) is 0 Å². The van der Waals surface area contributed by atoms with Crippen LogP contribution >= 0.6 is 0 Å². The zero-order valence-electron chi connectivity index (χ0n) is 9.48. The van der Waals surface area contributed by atoms with Crippen LogP contribution in [0.3, 0.4) is 0 Å². The number of benzene rings is 1. The van der Waals surface area contributed by atoms with Crippen LogP contribution in [0.2, 0.25) is 0 Å². The van der Waals surface area contributed by atoms with Gasteiger partial charge in [-0.2, -0.15) is 0 Å². The number of carbonyl (C=O) groups excluding carboxylic acids is 1. The fraction of sp³-hybridized carbons (Fsp3) is 0.462. The van der Waals surface area contributed by atoms with Gasteiger partial charge in [0.2, 0.25) is 5.91 Å². The number of hydrogen-bond acceptors (Lipinski definition) is 2. The zero-order valence-corrected chi connectivity index (χ0v) is 9.48. The Morgan fingerprint density at radius 2 is 2.00 bits per heavy atom. The number of unbranched alkanes of at least 4 members (excludes halogenated alkanes) is 1. The average molecular weight is 218 g/mol. The maximum absolute atomic E-state index is 11.8. The summed E-state index contributed by atoms with van der Waals surface area (Å²) in [6.45, 7) is 1.50. The molecular formula is C13H18N2O. The van der Waals surface area contributed by atoms with Gasteiger partial charge in [-0.1, -0.05) is 18.2 Å². The Bertz CT molecular complexity index is 376. The lowest BCUT2D eigenvalue weighted by Crippen LogP contribution is -2.36. The van der Waals surface area contributed by atoms with Gasteiger partial charge in [0.25, 0.3) is 0 Å². The van der Waals surface area contributed by atoms with Gasteiger partial charge in [0, 0.05) is 18.7 Å². The minimum atomic E-state index is 0.246. The average Bonchev–Trinajstić information content (AvgIpc) is 2.32. The van der Waals surface area contributed by atoms with Crippen molar-refractivity contribution >= 4 is 11.6 Å². The minimum absolute atomic E-state index is 0.246. The third-order valence-corrected chi connectivity index (χ3v) is 3.03. The van der Waals surface area contributed by atoms with E-state index in [1.54, 1.807) is 0 Å². The van der Waals surface area contributed by atoms with Gasteiger partial charge in [-0.05, 0) is 37.4 Å². The van der Waals surface area contributed by atoms with Crippen molar-refractivity contribution < 1.29 is 4.79 Å². The van der Waals surface area contributed by atoms with E-state index < -0.39 is 0 Å². The maximum Gasteiger partial charge on any atom is 0.227 e. The van der Waals surface area contributed by atoms with E-state index in [0.717, 1.165) is 31.5 Å². The normalized spacial score (nSPS) is 15.1. The highest BCUT2D eigenvalue weighted by atomic mass is 16.2.